The van der Waals surface area contributed by atoms with Crippen LogP contribution in [0.1, 0.15) is 31.2 Å². The van der Waals surface area contributed by atoms with Gasteiger partial charge in [-0.05, 0) is 26.7 Å². The van der Waals surface area contributed by atoms with Crippen molar-refractivity contribution in [1.82, 2.24) is 14.5 Å². The highest BCUT2D eigenvalue weighted by molar-refractivity contribution is 7.89. The minimum Gasteiger partial charge on any atom is -0.325 e. The molecule has 0 radical (unpaired) electrons. The van der Waals surface area contributed by atoms with E-state index in [2.05, 4.69) is 10.2 Å². The van der Waals surface area contributed by atoms with Crippen molar-refractivity contribution < 1.29 is 8.42 Å². The lowest BCUT2D eigenvalue weighted by atomic mass is 10.3. The SMILES string of the molecule is Cc1[nH]nc(CN)c1S(=O)(=O)N1CCCC1C. The molecule has 2 heterocycles. The first kappa shape index (κ1) is 12.5. The zero-order valence-corrected chi connectivity index (χ0v) is 10.9. The van der Waals surface area contributed by atoms with Gasteiger partial charge in [-0.1, -0.05) is 0 Å². The molecule has 1 fully saturated rings. The number of aryl methyl sites for hydroxylation is 1. The molecule has 1 unspecified atom stereocenters. The Kier molecular flexibility index (Phi) is 3.24. The van der Waals surface area contributed by atoms with E-state index in [1.807, 2.05) is 6.92 Å². The van der Waals surface area contributed by atoms with Gasteiger partial charge in [-0.25, -0.2) is 8.42 Å². The lowest BCUT2D eigenvalue weighted by Gasteiger charge is -2.21. The van der Waals surface area contributed by atoms with Crippen LogP contribution in [0.3, 0.4) is 0 Å². The molecule has 1 saturated heterocycles. The number of aromatic amines is 1. The van der Waals surface area contributed by atoms with Crippen molar-refractivity contribution in [2.75, 3.05) is 6.54 Å². The molecular weight excluding hydrogens is 240 g/mol. The summed E-state index contributed by atoms with van der Waals surface area (Å²) >= 11 is 0. The molecule has 1 aromatic rings. The Bertz CT molecular complexity index is 508. The molecule has 0 bridgehead atoms. The first-order chi connectivity index (χ1) is 7.98. The predicted octanol–water partition coefficient (Wildman–Crippen LogP) is 0.350. The molecule has 0 spiro atoms. The van der Waals surface area contributed by atoms with Crippen LogP contribution in [0.25, 0.3) is 0 Å². The van der Waals surface area contributed by atoms with E-state index in [4.69, 9.17) is 5.73 Å². The van der Waals surface area contributed by atoms with Crippen LogP contribution < -0.4 is 5.73 Å². The second-order valence-corrected chi connectivity index (χ2v) is 6.26. The molecule has 1 aliphatic rings. The Morgan fingerprint density at radius 2 is 2.29 bits per heavy atom. The molecule has 6 nitrogen and oxygen atoms in total. The molecule has 1 aromatic heterocycles. The van der Waals surface area contributed by atoms with Gasteiger partial charge in [0.1, 0.15) is 4.90 Å². The number of hydrogen-bond acceptors (Lipinski definition) is 4. The van der Waals surface area contributed by atoms with E-state index < -0.39 is 10.0 Å². The van der Waals surface area contributed by atoms with E-state index in [9.17, 15) is 8.42 Å². The van der Waals surface area contributed by atoms with Crippen molar-refractivity contribution in [3.05, 3.63) is 11.4 Å². The molecule has 0 saturated carbocycles. The van der Waals surface area contributed by atoms with E-state index in [1.54, 1.807) is 11.2 Å². The molecule has 2 rings (SSSR count). The largest absolute Gasteiger partial charge is 0.325 e. The minimum absolute atomic E-state index is 0.0555. The molecule has 17 heavy (non-hydrogen) atoms. The van der Waals surface area contributed by atoms with Crippen molar-refractivity contribution in [2.24, 2.45) is 5.73 Å². The fourth-order valence-corrected chi connectivity index (χ4v) is 4.37. The Morgan fingerprint density at radius 3 is 2.82 bits per heavy atom. The van der Waals surface area contributed by atoms with Gasteiger partial charge in [0.05, 0.1) is 11.4 Å². The molecule has 0 amide bonds. The first-order valence-electron chi connectivity index (χ1n) is 5.74. The van der Waals surface area contributed by atoms with Crippen molar-refractivity contribution >= 4 is 10.0 Å². The third kappa shape index (κ3) is 1.98. The lowest BCUT2D eigenvalue weighted by Crippen LogP contribution is -2.34. The summed E-state index contributed by atoms with van der Waals surface area (Å²) in [7, 11) is -3.46. The van der Waals surface area contributed by atoms with Crippen LogP contribution in [0, 0.1) is 6.92 Å². The van der Waals surface area contributed by atoms with Crippen LogP contribution in [0.5, 0.6) is 0 Å². The van der Waals surface area contributed by atoms with Gasteiger partial charge in [-0.2, -0.15) is 9.40 Å². The highest BCUT2D eigenvalue weighted by atomic mass is 32.2. The fourth-order valence-electron chi connectivity index (χ4n) is 2.33. The quantitative estimate of drug-likeness (QED) is 0.818. The van der Waals surface area contributed by atoms with Crippen LogP contribution in [0.2, 0.25) is 0 Å². The summed E-state index contributed by atoms with van der Waals surface area (Å²) in [6, 6.07) is 0.0555. The summed E-state index contributed by atoms with van der Waals surface area (Å²) in [6.07, 6.45) is 1.82. The Balaban J connectivity index is 2.47. The number of nitrogens with zero attached hydrogens (tertiary/aromatic N) is 2. The van der Waals surface area contributed by atoms with E-state index >= 15 is 0 Å². The normalized spacial score (nSPS) is 22.2. The molecule has 3 N–H and O–H groups in total. The molecule has 7 heteroatoms. The summed E-state index contributed by atoms with van der Waals surface area (Å²) in [6.45, 7) is 4.35. The summed E-state index contributed by atoms with van der Waals surface area (Å²) in [5, 5.41) is 6.64. The lowest BCUT2D eigenvalue weighted by molar-refractivity contribution is 0.407. The van der Waals surface area contributed by atoms with Crippen molar-refractivity contribution in [3.63, 3.8) is 0 Å². The summed E-state index contributed by atoms with van der Waals surface area (Å²) in [5.74, 6) is 0. The third-order valence-electron chi connectivity index (χ3n) is 3.21. The fraction of sp³-hybridized carbons (Fsp3) is 0.700. The first-order valence-corrected chi connectivity index (χ1v) is 7.18. The zero-order chi connectivity index (χ0) is 12.6. The van der Waals surface area contributed by atoms with E-state index in [1.165, 1.54) is 0 Å². The Hall–Kier alpha value is -0.920. The average molecular weight is 258 g/mol. The second-order valence-electron chi connectivity index (χ2n) is 4.44. The van der Waals surface area contributed by atoms with Crippen LogP contribution >= 0.6 is 0 Å². The molecule has 0 aromatic carbocycles. The average Bonchev–Trinajstić information content (AvgIpc) is 2.84. The van der Waals surface area contributed by atoms with Gasteiger partial charge in [0.25, 0.3) is 0 Å². The minimum atomic E-state index is -3.46. The van der Waals surface area contributed by atoms with Crippen LogP contribution in [-0.2, 0) is 16.6 Å². The van der Waals surface area contributed by atoms with Gasteiger partial charge in [-0.15, -0.1) is 0 Å². The number of nitrogens with one attached hydrogen (secondary N) is 1. The number of H-pyrrole nitrogens is 1. The Morgan fingerprint density at radius 1 is 1.59 bits per heavy atom. The van der Waals surface area contributed by atoms with Crippen molar-refractivity contribution in [1.29, 1.82) is 0 Å². The maximum Gasteiger partial charge on any atom is 0.247 e. The van der Waals surface area contributed by atoms with Gasteiger partial charge >= 0.3 is 0 Å². The van der Waals surface area contributed by atoms with Gasteiger partial charge in [0.15, 0.2) is 0 Å². The summed E-state index contributed by atoms with van der Waals surface area (Å²) < 4.78 is 26.6. The van der Waals surface area contributed by atoms with Crippen LogP contribution in [0.15, 0.2) is 4.90 Å². The summed E-state index contributed by atoms with van der Waals surface area (Å²) in [5.41, 5.74) is 6.51. The maximum absolute atomic E-state index is 12.5. The molecular formula is C10H18N4O2S. The van der Waals surface area contributed by atoms with Crippen LogP contribution in [-0.4, -0.2) is 35.5 Å². The van der Waals surface area contributed by atoms with Gasteiger partial charge < -0.3 is 5.73 Å². The number of sulfonamides is 1. The van der Waals surface area contributed by atoms with E-state index in [0.717, 1.165) is 12.8 Å². The summed E-state index contributed by atoms with van der Waals surface area (Å²) in [4.78, 5) is 0.258. The molecule has 0 aliphatic carbocycles. The van der Waals surface area contributed by atoms with Gasteiger partial charge in [0, 0.05) is 19.1 Å². The van der Waals surface area contributed by atoms with E-state index in [0.29, 0.717) is 17.9 Å². The number of rotatable bonds is 3. The molecule has 96 valence electrons. The predicted molar refractivity (Wildman–Crippen MR) is 63.8 cm³/mol. The van der Waals surface area contributed by atoms with Gasteiger partial charge in [0.2, 0.25) is 10.0 Å². The third-order valence-corrected chi connectivity index (χ3v) is 5.43. The zero-order valence-electron chi connectivity index (χ0n) is 10.1. The number of aromatic nitrogens is 2. The Labute approximate surface area is 101 Å². The standard InChI is InChI=1S/C10H18N4O2S/c1-7-4-3-5-14(7)17(15,16)10-8(2)12-13-9(10)6-11/h7H,3-6,11H2,1-2H3,(H,12,13). The molecule has 1 aliphatic heterocycles. The maximum atomic E-state index is 12.5. The van der Waals surface area contributed by atoms with Crippen molar-refractivity contribution in [3.8, 4) is 0 Å². The smallest absolute Gasteiger partial charge is 0.247 e. The highest BCUT2D eigenvalue weighted by Crippen LogP contribution is 2.28. The topological polar surface area (TPSA) is 92.1 Å². The number of nitrogens with two attached hydrogens (primary N) is 1. The van der Waals surface area contributed by atoms with Gasteiger partial charge in [-0.3, -0.25) is 5.10 Å². The van der Waals surface area contributed by atoms with Crippen LogP contribution in [0.4, 0.5) is 0 Å². The highest BCUT2D eigenvalue weighted by Gasteiger charge is 2.35. The van der Waals surface area contributed by atoms with Crippen molar-refractivity contribution in [2.45, 2.75) is 44.2 Å². The van der Waals surface area contributed by atoms with E-state index in [-0.39, 0.29) is 17.5 Å². The number of hydrogen-bond donors (Lipinski definition) is 2. The second kappa shape index (κ2) is 4.40. The monoisotopic (exact) mass is 258 g/mol. The molecule has 1 atom stereocenters.